The molecule has 2 aliphatic rings. The number of carbonyl (C=O) groups is 2. The Labute approximate surface area is 152 Å². The van der Waals surface area contributed by atoms with Gasteiger partial charge in [0, 0.05) is 12.5 Å². The number of amides is 1. The van der Waals surface area contributed by atoms with Crippen LogP contribution in [0.5, 0.6) is 0 Å². The summed E-state index contributed by atoms with van der Waals surface area (Å²) >= 11 is 0. The number of ether oxygens (including phenoxy) is 2. The van der Waals surface area contributed by atoms with E-state index in [1.54, 1.807) is 0 Å². The minimum absolute atomic E-state index is 0.153. The lowest BCUT2D eigenvalue weighted by atomic mass is 9.88. The van der Waals surface area contributed by atoms with Gasteiger partial charge in [0.15, 0.2) is 0 Å². The summed E-state index contributed by atoms with van der Waals surface area (Å²) in [6, 6.07) is 15.3. The molecule has 0 aromatic heterocycles. The number of hydrogen-bond acceptors (Lipinski definition) is 4. The van der Waals surface area contributed by atoms with Crippen LogP contribution < -0.4 is 5.32 Å². The predicted octanol–water partition coefficient (Wildman–Crippen LogP) is 2.49. The van der Waals surface area contributed by atoms with E-state index >= 15 is 0 Å². The average Bonchev–Trinajstić information content (AvgIpc) is 3.32. The summed E-state index contributed by atoms with van der Waals surface area (Å²) in [5, 5.41) is 2.94. The lowest BCUT2D eigenvalue weighted by Crippen LogP contribution is -2.47. The first-order valence-electron chi connectivity index (χ1n) is 8.85. The molecule has 1 amide bonds. The Morgan fingerprint density at radius 1 is 1.08 bits per heavy atom. The van der Waals surface area contributed by atoms with Crippen molar-refractivity contribution in [3.63, 3.8) is 0 Å². The van der Waals surface area contributed by atoms with E-state index in [-0.39, 0.29) is 17.7 Å². The van der Waals surface area contributed by atoms with Gasteiger partial charge in [-0.2, -0.15) is 0 Å². The molecule has 2 atom stereocenters. The number of methoxy groups -OCH3 is 1. The van der Waals surface area contributed by atoms with Crippen LogP contribution in [-0.4, -0.2) is 38.2 Å². The molecule has 1 heterocycles. The minimum atomic E-state index is -0.766. The third-order valence-corrected chi connectivity index (χ3v) is 5.27. The van der Waals surface area contributed by atoms with Crippen LogP contribution in [0.15, 0.2) is 48.5 Å². The summed E-state index contributed by atoms with van der Waals surface area (Å²) < 4.78 is 10.3. The summed E-state index contributed by atoms with van der Waals surface area (Å²) in [5.74, 6) is -1.07. The second-order valence-electron chi connectivity index (χ2n) is 6.72. The Kier molecular flexibility index (Phi) is 4.47. The van der Waals surface area contributed by atoms with Crippen molar-refractivity contribution in [3.8, 4) is 11.1 Å². The van der Waals surface area contributed by atoms with Gasteiger partial charge in [-0.3, -0.25) is 4.79 Å². The van der Waals surface area contributed by atoms with Gasteiger partial charge < -0.3 is 14.8 Å². The van der Waals surface area contributed by atoms with E-state index in [4.69, 9.17) is 9.47 Å². The van der Waals surface area contributed by atoms with Crippen LogP contribution in [0.1, 0.15) is 23.5 Å². The highest BCUT2D eigenvalue weighted by atomic mass is 16.5. The average molecular weight is 351 g/mol. The van der Waals surface area contributed by atoms with Crippen LogP contribution >= 0.6 is 0 Å². The van der Waals surface area contributed by atoms with E-state index < -0.39 is 12.0 Å². The van der Waals surface area contributed by atoms with Crippen LogP contribution in [0.3, 0.4) is 0 Å². The molecular weight excluding hydrogens is 330 g/mol. The molecule has 0 radical (unpaired) electrons. The molecule has 1 aliphatic heterocycles. The highest BCUT2D eigenvalue weighted by Crippen LogP contribution is 2.46. The van der Waals surface area contributed by atoms with Gasteiger partial charge in [-0.15, -0.1) is 0 Å². The first-order chi connectivity index (χ1) is 12.7. The molecule has 134 valence electrons. The Balaban J connectivity index is 1.73. The fourth-order valence-electron chi connectivity index (χ4n) is 3.97. The number of hydrogen-bond donors (Lipinski definition) is 1. The first-order valence-corrected chi connectivity index (χ1v) is 8.85. The molecule has 0 bridgehead atoms. The number of fused-ring (bicyclic) bond motifs is 3. The zero-order valence-corrected chi connectivity index (χ0v) is 14.6. The number of carbonyl (C=O) groups excluding carboxylic acids is 2. The van der Waals surface area contributed by atoms with Crippen LogP contribution in [0.2, 0.25) is 0 Å². The van der Waals surface area contributed by atoms with Crippen LogP contribution in [0.4, 0.5) is 0 Å². The second-order valence-corrected chi connectivity index (χ2v) is 6.72. The fourth-order valence-corrected chi connectivity index (χ4v) is 3.97. The molecule has 26 heavy (non-hydrogen) atoms. The molecule has 1 saturated heterocycles. The van der Waals surface area contributed by atoms with Gasteiger partial charge in [0.25, 0.3) is 0 Å². The molecule has 1 aliphatic carbocycles. The molecule has 4 rings (SSSR count). The lowest BCUT2D eigenvalue weighted by molar-refractivity contribution is -0.146. The van der Waals surface area contributed by atoms with Crippen molar-refractivity contribution in [3.05, 3.63) is 59.7 Å². The first kappa shape index (κ1) is 16.8. The minimum Gasteiger partial charge on any atom is -0.467 e. The highest BCUT2D eigenvalue weighted by molar-refractivity contribution is 5.90. The summed E-state index contributed by atoms with van der Waals surface area (Å²) in [5.41, 5.74) is 4.26. The number of nitrogens with one attached hydrogen (secondary N) is 1. The van der Waals surface area contributed by atoms with Gasteiger partial charge in [0.05, 0.1) is 19.6 Å². The molecule has 5 nitrogen and oxygen atoms in total. The van der Waals surface area contributed by atoms with Crippen LogP contribution in [0.25, 0.3) is 11.1 Å². The van der Waals surface area contributed by atoms with Crippen molar-refractivity contribution in [2.24, 2.45) is 5.92 Å². The number of rotatable bonds is 4. The van der Waals surface area contributed by atoms with Crippen LogP contribution in [0, 0.1) is 5.92 Å². The normalized spacial score (nSPS) is 19.5. The second kappa shape index (κ2) is 6.92. The van der Waals surface area contributed by atoms with E-state index in [9.17, 15) is 9.59 Å². The van der Waals surface area contributed by atoms with E-state index in [1.807, 2.05) is 36.4 Å². The SMILES string of the molecule is COC(=O)[C@H](NC(=O)[C@H]1CCOC1)C1c2ccccc2-c2ccccc21. The Bertz CT molecular complexity index is 796. The zero-order chi connectivity index (χ0) is 18.1. The van der Waals surface area contributed by atoms with Gasteiger partial charge in [0.1, 0.15) is 6.04 Å². The lowest BCUT2D eigenvalue weighted by Gasteiger charge is -2.25. The maximum absolute atomic E-state index is 12.7. The smallest absolute Gasteiger partial charge is 0.329 e. The molecule has 2 aromatic carbocycles. The standard InChI is InChI=1S/C21H21NO4/c1-25-21(24)19(22-20(23)13-10-11-26-12-13)18-16-8-4-2-6-14(16)15-7-3-5-9-17(15)18/h2-9,13,18-19H,10-12H2,1H3,(H,22,23)/t13-,19+/m0/s1. The summed E-state index contributed by atoms with van der Waals surface area (Å²) in [6.07, 6.45) is 0.678. The van der Waals surface area contributed by atoms with Crippen molar-refractivity contribution < 1.29 is 19.1 Å². The van der Waals surface area contributed by atoms with Crippen molar-refractivity contribution in [2.45, 2.75) is 18.4 Å². The molecule has 1 N–H and O–H groups in total. The summed E-state index contributed by atoms with van der Waals surface area (Å²) in [4.78, 5) is 25.3. The Morgan fingerprint density at radius 2 is 1.69 bits per heavy atom. The van der Waals surface area contributed by atoms with Gasteiger partial charge in [-0.05, 0) is 28.7 Å². The maximum atomic E-state index is 12.7. The predicted molar refractivity (Wildman–Crippen MR) is 96.6 cm³/mol. The van der Waals surface area contributed by atoms with E-state index in [0.717, 1.165) is 22.3 Å². The van der Waals surface area contributed by atoms with Gasteiger partial charge in [-0.1, -0.05) is 48.5 Å². The summed E-state index contributed by atoms with van der Waals surface area (Å²) in [6.45, 7) is 0.980. The monoisotopic (exact) mass is 351 g/mol. The van der Waals surface area contributed by atoms with Gasteiger partial charge in [0.2, 0.25) is 5.91 Å². The molecule has 0 saturated carbocycles. The zero-order valence-electron chi connectivity index (χ0n) is 14.6. The van der Waals surface area contributed by atoms with Gasteiger partial charge in [-0.25, -0.2) is 4.79 Å². The Morgan fingerprint density at radius 3 is 2.23 bits per heavy atom. The van der Waals surface area contributed by atoms with E-state index in [1.165, 1.54) is 7.11 Å². The molecule has 0 unspecified atom stereocenters. The third-order valence-electron chi connectivity index (χ3n) is 5.27. The molecule has 2 aromatic rings. The topological polar surface area (TPSA) is 64.6 Å². The fraction of sp³-hybridized carbons (Fsp3) is 0.333. The number of esters is 1. The van der Waals surface area contributed by atoms with E-state index in [0.29, 0.717) is 19.6 Å². The highest BCUT2D eigenvalue weighted by Gasteiger charge is 2.40. The Hall–Kier alpha value is -2.66. The molecular formula is C21H21NO4. The van der Waals surface area contributed by atoms with Crippen molar-refractivity contribution in [1.29, 1.82) is 0 Å². The molecule has 1 fully saturated rings. The number of benzene rings is 2. The van der Waals surface area contributed by atoms with E-state index in [2.05, 4.69) is 17.4 Å². The van der Waals surface area contributed by atoms with Crippen molar-refractivity contribution >= 4 is 11.9 Å². The maximum Gasteiger partial charge on any atom is 0.329 e. The largest absolute Gasteiger partial charge is 0.467 e. The quantitative estimate of drug-likeness (QED) is 0.860. The van der Waals surface area contributed by atoms with Crippen molar-refractivity contribution in [1.82, 2.24) is 5.32 Å². The third kappa shape index (κ3) is 2.78. The van der Waals surface area contributed by atoms with Crippen LogP contribution in [-0.2, 0) is 19.1 Å². The molecule has 0 spiro atoms. The van der Waals surface area contributed by atoms with Crippen molar-refractivity contribution in [2.75, 3.05) is 20.3 Å². The molecule has 5 heteroatoms. The summed E-state index contributed by atoms with van der Waals surface area (Å²) in [7, 11) is 1.35. The van der Waals surface area contributed by atoms with Gasteiger partial charge >= 0.3 is 5.97 Å².